The molecule has 0 radical (unpaired) electrons. The van der Waals surface area contributed by atoms with Gasteiger partial charge in [0.15, 0.2) is 16.7 Å². The first-order chi connectivity index (χ1) is 14.6. The maximum Gasteiger partial charge on any atom is 0.266 e. The highest BCUT2D eigenvalue weighted by Crippen LogP contribution is 2.35. The minimum atomic E-state index is -0.0216. The first-order valence-electron chi connectivity index (χ1n) is 9.96. The fourth-order valence-electron chi connectivity index (χ4n) is 2.96. The molecule has 0 spiro atoms. The lowest BCUT2D eigenvalue weighted by Gasteiger charge is -2.13. The number of likely N-dealkylation sites (N-methyl/N-ethyl adjacent to an activating group) is 1. The molecule has 1 aliphatic heterocycles. The highest BCUT2D eigenvalue weighted by molar-refractivity contribution is 8.18. The highest BCUT2D eigenvalue weighted by atomic mass is 35.5. The molecule has 1 aliphatic rings. The van der Waals surface area contributed by atoms with E-state index in [0.717, 1.165) is 16.3 Å². The molecule has 30 heavy (non-hydrogen) atoms. The molecule has 1 fully saturated rings. The minimum Gasteiger partial charge on any atom is -0.490 e. The van der Waals surface area contributed by atoms with Crippen molar-refractivity contribution in [2.75, 3.05) is 19.7 Å². The second kappa shape index (κ2) is 10.5. The summed E-state index contributed by atoms with van der Waals surface area (Å²) in [5.74, 6) is 1.24. The number of hydrogen-bond donors (Lipinski definition) is 0. The van der Waals surface area contributed by atoms with Gasteiger partial charge in [0, 0.05) is 23.7 Å². The lowest BCUT2D eigenvalue weighted by atomic mass is 10.1. The Bertz CT molecular complexity index is 975. The summed E-state index contributed by atoms with van der Waals surface area (Å²) >= 11 is 7.62. The molecule has 7 heteroatoms. The maximum absolute atomic E-state index is 12.7. The first-order valence-corrected chi connectivity index (χ1v) is 11.2. The van der Waals surface area contributed by atoms with Gasteiger partial charge in [-0.25, -0.2) is 0 Å². The largest absolute Gasteiger partial charge is 0.490 e. The van der Waals surface area contributed by atoms with E-state index < -0.39 is 0 Å². The average molecular weight is 445 g/mol. The number of amides is 1. The number of thioether (sulfide) groups is 1. The summed E-state index contributed by atoms with van der Waals surface area (Å²) in [5.41, 5.74) is 1.77. The molecule has 158 valence electrons. The van der Waals surface area contributed by atoms with Gasteiger partial charge in [0.05, 0.1) is 11.5 Å². The Hall–Kier alpha value is -2.44. The summed E-state index contributed by atoms with van der Waals surface area (Å²) in [6.07, 6.45) is 1.87. The monoisotopic (exact) mass is 444 g/mol. The summed E-state index contributed by atoms with van der Waals surface area (Å²) in [7, 11) is 0. The molecule has 0 saturated carbocycles. The van der Waals surface area contributed by atoms with Crippen LogP contribution < -0.4 is 9.47 Å². The summed E-state index contributed by atoms with van der Waals surface area (Å²) in [6, 6.07) is 13.2. The zero-order valence-corrected chi connectivity index (χ0v) is 18.9. The van der Waals surface area contributed by atoms with Gasteiger partial charge in [0.1, 0.15) is 6.61 Å². The van der Waals surface area contributed by atoms with E-state index in [1.54, 1.807) is 4.90 Å². The third-order valence-corrected chi connectivity index (χ3v) is 5.82. The quantitative estimate of drug-likeness (QED) is 0.495. The van der Waals surface area contributed by atoms with Crippen LogP contribution in [-0.4, -0.2) is 35.7 Å². The van der Waals surface area contributed by atoms with Gasteiger partial charge in [-0.3, -0.25) is 14.7 Å². The van der Waals surface area contributed by atoms with Crippen molar-refractivity contribution in [1.82, 2.24) is 4.90 Å². The minimum absolute atomic E-state index is 0.0216. The van der Waals surface area contributed by atoms with E-state index in [0.29, 0.717) is 47.7 Å². The van der Waals surface area contributed by atoms with Gasteiger partial charge in [-0.15, -0.1) is 0 Å². The lowest BCUT2D eigenvalue weighted by Crippen LogP contribution is -2.28. The number of rotatable bonds is 8. The van der Waals surface area contributed by atoms with Gasteiger partial charge < -0.3 is 9.47 Å². The molecule has 0 N–H and O–H groups in total. The Morgan fingerprint density at radius 2 is 1.90 bits per heavy atom. The molecular formula is C23H25ClN2O3S. The van der Waals surface area contributed by atoms with Crippen LogP contribution in [0, 0.1) is 0 Å². The van der Waals surface area contributed by atoms with Crippen LogP contribution in [0.4, 0.5) is 0 Å². The van der Waals surface area contributed by atoms with Crippen LogP contribution in [0.5, 0.6) is 11.5 Å². The van der Waals surface area contributed by atoms with Crippen LogP contribution in [0.25, 0.3) is 6.08 Å². The normalized spacial score (nSPS) is 16.5. The number of carbonyl (C=O) groups is 1. The molecule has 0 unspecified atom stereocenters. The van der Waals surface area contributed by atoms with Crippen LogP contribution >= 0.6 is 23.4 Å². The molecule has 0 atom stereocenters. The van der Waals surface area contributed by atoms with Crippen LogP contribution in [0.15, 0.2) is 52.4 Å². The number of benzene rings is 2. The molecular weight excluding hydrogens is 420 g/mol. The summed E-state index contributed by atoms with van der Waals surface area (Å²) in [5, 5.41) is 1.42. The molecule has 3 rings (SSSR count). The number of nitrogens with zero attached hydrogens (tertiary/aromatic N) is 2. The smallest absolute Gasteiger partial charge is 0.266 e. The van der Waals surface area contributed by atoms with E-state index in [9.17, 15) is 4.79 Å². The average Bonchev–Trinajstić information content (AvgIpc) is 3.03. The third kappa shape index (κ3) is 5.18. The highest BCUT2D eigenvalue weighted by Gasteiger charge is 2.31. The van der Waals surface area contributed by atoms with Crippen molar-refractivity contribution < 1.29 is 14.3 Å². The Balaban J connectivity index is 1.82. The van der Waals surface area contributed by atoms with E-state index in [1.807, 2.05) is 69.3 Å². The second-order valence-corrected chi connectivity index (χ2v) is 7.85. The lowest BCUT2D eigenvalue weighted by molar-refractivity contribution is -0.122. The summed E-state index contributed by atoms with van der Waals surface area (Å²) in [6.45, 7) is 7.93. The second-order valence-electron chi connectivity index (χ2n) is 6.44. The third-order valence-electron chi connectivity index (χ3n) is 4.40. The fourth-order valence-corrected chi connectivity index (χ4v) is 4.26. The molecule has 1 saturated heterocycles. The summed E-state index contributed by atoms with van der Waals surface area (Å²) in [4.78, 5) is 19.5. The van der Waals surface area contributed by atoms with Gasteiger partial charge in [-0.1, -0.05) is 35.9 Å². The van der Waals surface area contributed by atoms with E-state index >= 15 is 0 Å². The van der Waals surface area contributed by atoms with Crippen molar-refractivity contribution in [2.45, 2.75) is 27.4 Å². The molecule has 0 bridgehead atoms. The SMILES string of the molecule is CCN=C1S/C(=C\c2ccc(OCc3ccccc3Cl)c(OCC)c2)C(=O)N1CC. The van der Waals surface area contributed by atoms with Gasteiger partial charge in [-0.05, 0) is 62.4 Å². The topological polar surface area (TPSA) is 51.1 Å². The van der Waals surface area contributed by atoms with Gasteiger partial charge in [0.25, 0.3) is 5.91 Å². The van der Waals surface area contributed by atoms with Gasteiger partial charge in [-0.2, -0.15) is 0 Å². The van der Waals surface area contributed by atoms with Crippen LogP contribution in [0.1, 0.15) is 31.9 Å². The van der Waals surface area contributed by atoms with Crippen molar-refractivity contribution in [1.29, 1.82) is 0 Å². The Morgan fingerprint density at radius 3 is 2.60 bits per heavy atom. The number of ether oxygens (including phenoxy) is 2. The predicted octanol–water partition coefficient (Wildman–Crippen LogP) is 5.63. The van der Waals surface area contributed by atoms with Crippen molar-refractivity contribution >= 4 is 40.5 Å². The predicted molar refractivity (Wildman–Crippen MR) is 124 cm³/mol. The molecule has 0 aromatic heterocycles. The number of aliphatic imine (C=N–C) groups is 1. The number of halogens is 1. The van der Waals surface area contributed by atoms with Gasteiger partial charge in [0.2, 0.25) is 0 Å². The fraction of sp³-hybridized carbons (Fsp3) is 0.304. The van der Waals surface area contributed by atoms with Crippen LogP contribution in [0.3, 0.4) is 0 Å². The zero-order valence-electron chi connectivity index (χ0n) is 17.4. The zero-order chi connectivity index (χ0) is 21.5. The Kier molecular flexibility index (Phi) is 7.82. The standard InChI is InChI=1S/C23H25ClN2O3S/c1-4-25-23-26(5-2)22(27)21(30-23)14-16-11-12-19(20(13-16)28-6-3)29-15-17-9-7-8-10-18(17)24/h7-14H,4-6,15H2,1-3H3/b21-14-,25-23?. The molecule has 1 amide bonds. The number of carbonyl (C=O) groups excluding carboxylic acids is 1. The van der Waals surface area contributed by atoms with Crippen molar-refractivity contribution in [3.05, 3.63) is 63.5 Å². The summed E-state index contributed by atoms with van der Waals surface area (Å²) < 4.78 is 11.7. The Morgan fingerprint density at radius 1 is 1.10 bits per heavy atom. The number of hydrogen-bond acceptors (Lipinski definition) is 5. The molecule has 2 aromatic carbocycles. The molecule has 0 aliphatic carbocycles. The Labute approximate surface area is 186 Å². The van der Waals surface area contributed by atoms with E-state index in [1.165, 1.54) is 11.8 Å². The van der Waals surface area contributed by atoms with Crippen molar-refractivity contribution in [3.63, 3.8) is 0 Å². The van der Waals surface area contributed by atoms with Crippen LogP contribution in [-0.2, 0) is 11.4 Å². The molecule has 1 heterocycles. The first kappa shape index (κ1) is 22.2. The van der Waals surface area contributed by atoms with E-state index in [2.05, 4.69) is 4.99 Å². The van der Waals surface area contributed by atoms with Crippen LogP contribution in [0.2, 0.25) is 5.02 Å². The molecule has 2 aromatic rings. The van der Waals surface area contributed by atoms with E-state index in [-0.39, 0.29) is 5.91 Å². The van der Waals surface area contributed by atoms with Crippen molar-refractivity contribution in [3.8, 4) is 11.5 Å². The van der Waals surface area contributed by atoms with Gasteiger partial charge >= 0.3 is 0 Å². The molecule has 5 nitrogen and oxygen atoms in total. The van der Waals surface area contributed by atoms with E-state index in [4.69, 9.17) is 21.1 Å². The number of amidine groups is 1. The van der Waals surface area contributed by atoms with Crippen molar-refractivity contribution in [2.24, 2.45) is 4.99 Å². The maximum atomic E-state index is 12.7.